The molecule has 6 heteroatoms. The normalized spacial score (nSPS) is 20.3. The summed E-state index contributed by atoms with van der Waals surface area (Å²) in [7, 11) is 0. The van der Waals surface area contributed by atoms with Gasteiger partial charge in [-0.1, -0.05) is 23.2 Å². The Kier molecular flexibility index (Phi) is 6.05. The summed E-state index contributed by atoms with van der Waals surface area (Å²) in [6, 6.07) is 2.77. The van der Waals surface area contributed by atoms with Crippen molar-refractivity contribution in [3.63, 3.8) is 0 Å². The molecule has 0 amide bonds. The Labute approximate surface area is 128 Å². The molecular weight excluding hydrogens is 304 g/mol. The predicted octanol–water partition coefficient (Wildman–Crippen LogP) is 3.28. The van der Waals surface area contributed by atoms with Crippen molar-refractivity contribution >= 4 is 23.2 Å². The maximum Gasteiger partial charge on any atom is 0.142 e. The van der Waals surface area contributed by atoms with Crippen LogP contribution in [0.2, 0.25) is 10.0 Å². The third kappa shape index (κ3) is 4.06. The largest absolute Gasteiger partial charge is 0.396 e. The smallest absolute Gasteiger partial charge is 0.142 e. The van der Waals surface area contributed by atoms with E-state index in [1.165, 1.54) is 12.1 Å². The van der Waals surface area contributed by atoms with Gasteiger partial charge in [0.2, 0.25) is 0 Å². The molecule has 20 heavy (non-hydrogen) atoms. The molecule has 0 unspecified atom stereocenters. The van der Waals surface area contributed by atoms with Crippen molar-refractivity contribution in [2.45, 2.75) is 18.9 Å². The minimum Gasteiger partial charge on any atom is -0.396 e. The van der Waals surface area contributed by atoms with E-state index in [1.54, 1.807) is 0 Å². The van der Waals surface area contributed by atoms with Crippen LogP contribution in [0, 0.1) is 5.82 Å². The summed E-state index contributed by atoms with van der Waals surface area (Å²) >= 11 is 11.8. The predicted molar refractivity (Wildman–Crippen MR) is 77.9 cm³/mol. The first kappa shape index (κ1) is 16.0. The Balaban J connectivity index is 2.03. The van der Waals surface area contributed by atoms with E-state index in [4.69, 9.17) is 33.0 Å². The Morgan fingerprint density at radius 3 is 2.85 bits per heavy atom. The highest BCUT2D eigenvalue weighted by Gasteiger charge is 2.24. The van der Waals surface area contributed by atoms with Gasteiger partial charge in [-0.3, -0.25) is 4.90 Å². The first-order valence-electron chi connectivity index (χ1n) is 6.71. The van der Waals surface area contributed by atoms with Gasteiger partial charge in [-0.15, -0.1) is 0 Å². The van der Waals surface area contributed by atoms with Crippen molar-refractivity contribution in [3.8, 4) is 0 Å². The molecular formula is C14H18Cl2FNO2. The Hall–Kier alpha value is -0.390. The maximum atomic E-state index is 13.6. The van der Waals surface area contributed by atoms with Gasteiger partial charge in [0.25, 0.3) is 0 Å². The minimum atomic E-state index is -0.480. The number of hydrogen-bond acceptors (Lipinski definition) is 3. The van der Waals surface area contributed by atoms with Gasteiger partial charge in [0.05, 0.1) is 17.7 Å². The van der Waals surface area contributed by atoms with Crippen LogP contribution in [0.4, 0.5) is 4.39 Å². The lowest BCUT2D eigenvalue weighted by Gasteiger charge is -2.33. The van der Waals surface area contributed by atoms with Crippen LogP contribution in [0.5, 0.6) is 0 Å². The zero-order valence-electron chi connectivity index (χ0n) is 11.1. The summed E-state index contributed by atoms with van der Waals surface area (Å²) in [6.45, 7) is 3.21. The van der Waals surface area contributed by atoms with Gasteiger partial charge in [0, 0.05) is 30.3 Å². The number of rotatable bonds is 5. The molecule has 0 saturated carbocycles. The zero-order valence-corrected chi connectivity index (χ0v) is 12.6. The second-order valence-electron chi connectivity index (χ2n) is 4.88. The zero-order chi connectivity index (χ0) is 14.5. The standard InChI is InChI=1S/C14H18Cl2FNO2/c15-11-8-12(16)13(17)7-10(11)14-9-18(4-6-20-14)3-1-2-5-19/h7-8,14,19H,1-6,9H2/t14-/m0/s1. The van der Waals surface area contributed by atoms with Gasteiger partial charge in [-0.25, -0.2) is 4.39 Å². The Morgan fingerprint density at radius 2 is 2.10 bits per heavy atom. The van der Waals surface area contributed by atoms with Crippen LogP contribution in [0.1, 0.15) is 24.5 Å². The number of aliphatic hydroxyl groups excluding tert-OH is 1. The molecule has 0 spiro atoms. The molecule has 0 aliphatic carbocycles. The summed E-state index contributed by atoms with van der Waals surface area (Å²) in [5.41, 5.74) is 0.639. The van der Waals surface area contributed by atoms with E-state index in [1.807, 2.05) is 0 Å². The highest BCUT2D eigenvalue weighted by atomic mass is 35.5. The van der Waals surface area contributed by atoms with Crippen LogP contribution in [-0.4, -0.2) is 42.9 Å². The van der Waals surface area contributed by atoms with E-state index in [0.717, 1.165) is 25.9 Å². The summed E-state index contributed by atoms with van der Waals surface area (Å²) in [5.74, 6) is -0.480. The van der Waals surface area contributed by atoms with Crippen molar-refractivity contribution in [2.24, 2.45) is 0 Å². The van der Waals surface area contributed by atoms with Crippen molar-refractivity contribution in [3.05, 3.63) is 33.6 Å². The molecule has 1 aromatic rings. The van der Waals surface area contributed by atoms with Crippen molar-refractivity contribution in [1.82, 2.24) is 4.90 Å². The van der Waals surface area contributed by atoms with Crippen LogP contribution < -0.4 is 0 Å². The second kappa shape index (κ2) is 7.57. The molecule has 0 aromatic heterocycles. The van der Waals surface area contributed by atoms with Crippen molar-refractivity contribution < 1.29 is 14.2 Å². The monoisotopic (exact) mass is 321 g/mol. The molecule has 3 nitrogen and oxygen atoms in total. The number of nitrogens with zero attached hydrogens (tertiary/aromatic N) is 1. The third-order valence-corrected chi connectivity index (χ3v) is 4.04. The van der Waals surface area contributed by atoms with E-state index < -0.39 is 5.82 Å². The average Bonchev–Trinajstić information content (AvgIpc) is 2.43. The summed E-state index contributed by atoms with van der Waals surface area (Å²) in [4.78, 5) is 2.24. The number of halogens is 3. The molecule has 1 heterocycles. The number of morpholine rings is 1. The third-order valence-electron chi connectivity index (χ3n) is 3.42. The number of unbranched alkanes of at least 4 members (excludes halogenated alkanes) is 1. The summed E-state index contributed by atoms with van der Waals surface area (Å²) in [6.07, 6.45) is 1.49. The van der Waals surface area contributed by atoms with Crippen LogP contribution in [-0.2, 0) is 4.74 Å². The minimum absolute atomic E-state index is 0.0226. The van der Waals surface area contributed by atoms with Gasteiger partial charge in [-0.05, 0) is 31.5 Å². The molecule has 1 aliphatic rings. The molecule has 1 N–H and O–H groups in total. The maximum absolute atomic E-state index is 13.6. The lowest BCUT2D eigenvalue weighted by Crippen LogP contribution is -2.39. The van der Waals surface area contributed by atoms with E-state index >= 15 is 0 Å². The Bertz CT molecular complexity index is 459. The highest BCUT2D eigenvalue weighted by molar-refractivity contribution is 6.35. The van der Waals surface area contributed by atoms with Gasteiger partial charge in [0.15, 0.2) is 0 Å². The highest BCUT2D eigenvalue weighted by Crippen LogP contribution is 2.32. The van der Waals surface area contributed by atoms with E-state index in [-0.39, 0.29) is 17.7 Å². The summed E-state index contributed by atoms with van der Waals surface area (Å²) in [5, 5.41) is 9.26. The molecule has 1 atom stereocenters. The molecule has 2 rings (SSSR count). The van der Waals surface area contributed by atoms with Gasteiger partial charge in [0.1, 0.15) is 5.82 Å². The summed E-state index contributed by atoms with van der Waals surface area (Å²) < 4.78 is 19.3. The number of aliphatic hydroxyl groups is 1. The average molecular weight is 322 g/mol. The van der Waals surface area contributed by atoms with Gasteiger partial charge in [-0.2, -0.15) is 0 Å². The van der Waals surface area contributed by atoms with Crippen molar-refractivity contribution in [2.75, 3.05) is 32.8 Å². The van der Waals surface area contributed by atoms with Crippen molar-refractivity contribution in [1.29, 1.82) is 0 Å². The van der Waals surface area contributed by atoms with E-state index in [2.05, 4.69) is 4.90 Å². The molecule has 0 radical (unpaired) electrons. The van der Waals surface area contributed by atoms with Gasteiger partial charge < -0.3 is 9.84 Å². The molecule has 1 aromatic carbocycles. The van der Waals surface area contributed by atoms with E-state index in [0.29, 0.717) is 23.7 Å². The fourth-order valence-corrected chi connectivity index (χ4v) is 2.83. The van der Waals surface area contributed by atoms with E-state index in [9.17, 15) is 4.39 Å². The fraction of sp³-hybridized carbons (Fsp3) is 0.571. The SMILES string of the molecule is OCCCCN1CCO[C@H](c2cc(F)c(Cl)cc2Cl)C1. The van der Waals surface area contributed by atoms with Crippen LogP contribution in [0.3, 0.4) is 0 Å². The first-order chi connectivity index (χ1) is 9.61. The second-order valence-corrected chi connectivity index (χ2v) is 5.69. The molecule has 1 aliphatic heterocycles. The van der Waals surface area contributed by atoms with Crippen LogP contribution >= 0.6 is 23.2 Å². The fourth-order valence-electron chi connectivity index (χ4n) is 2.33. The Morgan fingerprint density at radius 1 is 1.30 bits per heavy atom. The first-order valence-corrected chi connectivity index (χ1v) is 7.46. The van der Waals surface area contributed by atoms with Crippen LogP contribution in [0.15, 0.2) is 12.1 Å². The molecule has 112 valence electrons. The van der Waals surface area contributed by atoms with Crippen LogP contribution in [0.25, 0.3) is 0 Å². The molecule has 1 saturated heterocycles. The number of ether oxygens (including phenoxy) is 1. The number of benzene rings is 1. The number of hydrogen-bond donors (Lipinski definition) is 1. The molecule has 1 fully saturated rings. The molecule has 0 bridgehead atoms. The lowest BCUT2D eigenvalue weighted by molar-refractivity contribution is -0.0306. The lowest BCUT2D eigenvalue weighted by atomic mass is 10.1. The van der Waals surface area contributed by atoms with Gasteiger partial charge >= 0.3 is 0 Å². The quantitative estimate of drug-likeness (QED) is 0.667. The topological polar surface area (TPSA) is 32.7 Å².